The van der Waals surface area contributed by atoms with E-state index in [0.717, 1.165) is 95.1 Å². The number of hydrogen-bond donors (Lipinski definition) is 0. The molecule has 1 fully saturated rings. The Morgan fingerprint density at radius 3 is 1.36 bits per heavy atom. The lowest BCUT2D eigenvalue weighted by atomic mass is 10.0. The molecule has 39 heavy (non-hydrogen) atoms. The maximum atomic E-state index is 13.7. The summed E-state index contributed by atoms with van der Waals surface area (Å²) >= 11 is 0. The first-order chi connectivity index (χ1) is 19.1. The average Bonchev–Trinajstić information content (AvgIpc) is 3.20. The number of benzene rings is 2. The highest BCUT2D eigenvalue weighted by atomic mass is 19.1. The highest BCUT2D eigenvalue weighted by molar-refractivity contribution is 5.26. The Morgan fingerprint density at radius 1 is 0.590 bits per heavy atom. The predicted molar refractivity (Wildman–Crippen MR) is 162 cm³/mol. The first-order valence-corrected chi connectivity index (χ1v) is 14.7. The van der Waals surface area contributed by atoms with Crippen LogP contribution in [-0.4, -0.2) is 36.0 Å². The first-order valence-electron chi connectivity index (χ1n) is 14.7. The normalized spacial score (nSPS) is 16.9. The van der Waals surface area contributed by atoms with Gasteiger partial charge >= 0.3 is 0 Å². The topological polar surface area (TPSA) is 6.48 Å². The molecule has 2 unspecified atom stereocenters. The Balaban J connectivity index is 1.72. The van der Waals surface area contributed by atoms with Crippen molar-refractivity contribution in [3.8, 4) is 0 Å². The van der Waals surface area contributed by atoms with Gasteiger partial charge in [-0.25, -0.2) is 8.78 Å². The highest BCUT2D eigenvalue weighted by Gasteiger charge is 2.25. The summed E-state index contributed by atoms with van der Waals surface area (Å²) in [5.74, 6) is -0.405. The molecular formula is C35H46F2N2. The zero-order valence-electron chi connectivity index (χ0n) is 23.5. The Hall–Kier alpha value is -2.82. The molecule has 0 spiro atoms. The average molecular weight is 533 g/mol. The van der Waals surface area contributed by atoms with Gasteiger partial charge in [-0.15, -0.1) is 13.2 Å². The van der Waals surface area contributed by atoms with E-state index in [4.69, 9.17) is 0 Å². The zero-order chi connectivity index (χ0) is 27.7. The van der Waals surface area contributed by atoms with Gasteiger partial charge in [0.1, 0.15) is 11.6 Å². The number of allylic oxidation sites excluding steroid dienone is 4. The quantitative estimate of drug-likeness (QED) is 0.157. The van der Waals surface area contributed by atoms with Crippen LogP contribution in [0.3, 0.4) is 0 Å². The monoisotopic (exact) mass is 532 g/mol. The number of rotatable bonds is 16. The smallest absolute Gasteiger partial charge is 0.123 e. The third-order valence-electron chi connectivity index (χ3n) is 7.47. The van der Waals surface area contributed by atoms with E-state index in [2.05, 4.69) is 47.3 Å². The molecule has 4 heteroatoms. The van der Waals surface area contributed by atoms with Crippen molar-refractivity contribution in [2.45, 2.75) is 69.9 Å². The van der Waals surface area contributed by atoms with Crippen LogP contribution in [0.5, 0.6) is 0 Å². The molecule has 0 aromatic heterocycles. The SMILES string of the molecule is C=CCCCCC=CC(c1ccc(F)cc1)N1CCCN(C(C=CCCCCC=C)c2ccc(F)cc2)CC1. The summed E-state index contributed by atoms with van der Waals surface area (Å²) in [5, 5.41) is 0. The largest absolute Gasteiger partial charge is 0.292 e. The molecule has 0 bridgehead atoms. The van der Waals surface area contributed by atoms with Crippen LogP contribution in [0.1, 0.15) is 81.0 Å². The molecule has 0 radical (unpaired) electrons. The summed E-state index contributed by atoms with van der Waals surface area (Å²) in [6.45, 7) is 11.4. The van der Waals surface area contributed by atoms with Crippen molar-refractivity contribution in [3.63, 3.8) is 0 Å². The second-order valence-electron chi connectivity index (χ2n) is 10.4. The fourth-order valence-corrected chi connectivity index (χ4v) is 5.27. The summed E-state index contributed by atoms with van der Waals surface area (Å²) in [4.78, 5) is 5.04. The maximum Gasteiger partial charge on any atom is 0.123 e. The highest BCUT2D eigenvalue weighted by Crippen LogP contribution is 2.29. The zero-order valence-corrected chi connectivity index (χ0v) is 23.5. The third kappa shape index (κ3) is 10.7. The number of hydrogen-bond acceptors (Lipinski definition) is 2. The fourth-order valence-electron chi connectivity index (χ4n) is 5.27. The minimum Gasteiger partial charge on any atom is -0.292 e. The molecule has 2 nitrogen and oxygen atoms in total. The van der Waals surface area contributed by atoms with Crippen molar-refractivity contribution in [1.82, 2.24) is 9.80 Å². The van der Waals surface area contributed by atoms with Crippen molar-refractivity contribution in [3.05, 3.63) is 121 Å². The van der Waals surface area contributed by atoms with Gasteiger partial charge in [-0.2, -0.15) is 0 Å². The van der Waals surface area contributed by atoms with Crippen LogP contribution < -0.4 is 0 Å². The summed E-state index contributed by atoms with van der Waals surface area (Å²) in [6.07, 6.45) is 22.9. The van der Waals surface area contributed by atoms with Crippen LogP contribution in [0.15, 0.2) is 98.1 Å². The van der Waals surface area contributed by atoms with E-state index in [-0.39, 0.29) is 23.7 Å². The number of nitrogens with zero attached hydrogens (tertiary/aromatic N) is 2. The van der Waals surface area contributed by atoms with Gasteiger partial charge < -0.3 is 0 Å². The van der Waals surface area contributed by atoms with E-state index >= 15 is 0 Å². The van der Waals surface area contributed by atoms with Crippen LogP contribution in [0.4, 0.5) is 8.78 Å². The number of unbranched alkanes of at least 4 members (excludes halogenated alkanes) is 6. The molecule has 1 saturated heterocycles. The maximum absolute atomic E-state index is 13.7. The number of halogens is 2. The standard InChI is InChI=1S/C35H46F2N2/c1-3-5-7-9-11-13-16-34(30-18-22-32(36)23-19-30)38-26-15-27-39(29-28-38)35(17-14-12-10-8-6-4-2)31-20-24-33(37)25-21-31/h3-4,13-14,16-25,34-35H,1-2,5-12,15,26-29H2. The van der Waals surface area contributed by atoms with Gasteiger partial charge in [-0.05, 0) is 93.2 Å². The van der Waals surface area contributed by atoms with Gasteiger partial charge in [0.05, 0.1) is 12.1 Å². The van der Waals surface area contributed by atoms with Gasteiger partial charge in [0, 0.05) is 26.2 Å². The second-order valence-corrected chi connectivity index (χ2v) is 10.4. The van der Waals surface area contributed by atoms with Crippen LogP contribution in [0.25, 0.3) is 0 Å². The lowest BCUT2D eigenvalue weighted by Gasteiger charge is -2.31. The second kappa shape index (κ2) is 17.7. The van der Waals surface area contributed by atoms with Crippen molar-refractivity contribution in [2.75, 3.05) is 26.2 Å². The minimum atomic E-state index is -0.202. The fraction of sp³-hybridized carbons (Fsp3) is 0.429. The van der Waals surface area contributed by atoms with E-state index in [0.29, 0.717) is 0 Å². The summed E-state index contributed by atoms with van der Waals surface area (Å²) in [5.41, 5.74) is 2.25. The van der Waals surface area contributed by atoms with Crippen LogP contribution in [0, 0.1) is 11.6 Å². The van der Waals surface area contributed by atoms with Gasteiger partial charge in [0.25, 0.3) is 0 Å². The molecule has 0 amide bonds. The molecule has 1 aliphatic heterocycles. The van der Waals surface area contributed by atoms with Gasteiger partial charge in [0.2, 0.25) is 0 Å². The Bertz CT molecular complexity index is 942. The van der Waals surface area contributed by atoms with E-state index in [9.17, 15) is 8.78 Å². The minimum absolute atomic E-state index is 0.120. The molecular weight excluding hydrogens is 486 g/mol. The summed E-state index contributed by atoms with van der Waals surface area (Å²) < 4.78 is 27.4. The molecule has 0 aliphatic carbocycles. The van der Waals surface area contributed by atoms with E-state index in [1.807, 2.05) is 36.4 Å². The predicted octanol–water partition coefficient (Wildman–Crippen LogP) is 9.36. The van der Waals surface area contributed by atoms with Gasteiger partial charge in [0.15, 0.2) is 0 Å². The third-order valence-corrected chi connectivity index (χ3v) is 7.47. The first kappa shape index (κ1) is 30.7. The summed E-state index contributed by atoms with van der Waals surface area (Å²) in [7, 11) is 0. The van der Waals surface area contributed by atoms with E-state index < -0.39 is 0 Å². The van der Waals surface area contributed by atoms with E-state index in [1.165, 1.54) is 0 Å². The Labute approximate surface area is 235 Å². The van der Waals surface area contributed by atoms with Crippen molar-refractivity contribution >= 4 is 0 Å². The van der Waals surface area contributed by atoms with E-state index in [1.54, 1.807) is 24.3 Å². The lowest BCUT2D eigenvalue weighted by molar-refractivity contribution is 0.211. The van der Waals surface area contributed by atoms with Crippen molar-refractivity contribution in [2.24, 2.45) is 0 Å². The van der Waals surface area contributed by atoms with Crippen LogP contribution in [0.2, 0.25) is 0 Å². The lowest BCUT2D eigenvalue weighted by Crippen LogP contribution is -2.34. The molecule has 210 valence electrons. The molecule has 0 N–H and O–H groups in total. The van der Waals surface area contributed by atoms with Crippen molar-refractivity contribution in [1.29, 1.82) is 0 Å². The molecule has 2 aromatic carbocycles. The Kier molecular flexibility index (Phi) is 13.9. The molecule has 1 aliphatic rings. The molecule has 1 heterocycles. The van der Waals surface area contributed by atoms with Gasteiger partial charge in [-0.1, -0.05) is 60.7 Å². The van der Waals surface area contributed by atoms with Crippen molar-refractivity contribution < 1.29 is 8.78 Å². The van der Waals surface area contributed by atoms with Crippen LogP contribution in [-0.2, 0) is 0 Å². The van der Waals surface area contributed by atoms with Crippen LogP contribution >= 0.6 is 0 Å². The summed E-state index contributed by atoms with van der Waals surface area (Å²) in [6, 6.07) is 14.2. The molecule has 2 atom stereocenters. The molecule has 2 aromatic rings. The molecule has 0 saturated carbocycles. The Morgan fingerprint density at radius 2 is 0.974 bits per heavy atom. The van der Waals surface area contributed by atoms with Gasteiger partial charge in [-0.3, -0.25) is 9.80 Å². The molecule has 3 rings (SSSR count).